The summed E-state index contributed by atoms with van der Waals surface area (Å²) in [7, 11) is 0. The highest BCUT2D eigenvalue weighted by molar-refractivity contribution is 7.20. The van der Waals surface area contributed by atoms with Crippen molar-refractivity contribution < 1.29 is 4.79 Å². The van der Waals surface area contributed by atoms with Crippen LogP contribution >= 0.6 is 34.5 Å². The Hall–Kier alpha value is -0.0900. The lowest BCUT2D eigenvalue weighted by Crippen LogP contribution is -2.48. The molecule has 2 fully saturated rings. The Morgan fingerprint density at radius 3 is 2.75 bits per heavy atom. The summed E-state index contributed by atoms with van der Waals surface area (Å²) in [6, 6.07) is 2.31. The third-order valence-electron chi connectivity index (χ3n) is 4.66. The smallest absolute Gasteiger partial charge is 0.179 e. The van der Waals surface area contributed by atoms with Gasteiger partial charge in [0.25, 0.3) is 0 Å². The minimum Gasteiger partial charge on any atom is -0.293 e. The van der Waals surface area contributed by atoms with E-state index in [0.29, 0.717) is 26.8 Å². The molecule has 110 valence electrons. The highest BCUT2D eigenvalue weighted by Gasteiger charge is 2.34. The van der Waals surface area contributed by atoms with Gasteiger partial charge < -0.3 is 0 Å². The molecule has 1 aromatic heterocycles. The van der Waals surface area contributed by atoms with Crippen LogP contribution in [0.2, 0.25) is 8.67 Å². The van der Waals surface area contributed by atoms with Crippen LogP contribution < -0.4 is 0 Å². The molecule has 0 amide bonds. The average Bonchev–Trinajstić information content (AvgIpc) is 2.78. The number of ketones is 1. The van der Waals surface area contributed by atoms with Crippen molar-refractivity contribution in [1.29, 1.82) is 0 Å². The topological polar surface area (TPSA) is 20.3 Å². The number of carbonyl (C=O) groups excluding carboxylic acids is 1. The van der Waals surface area contributed by atoms with Crippen molar-refractivity contribution >= 4 is 40.3 Å². The lowest BCUT2D eigenvalue weighted by atomic mass is 9.78. The maximum Gasteiger partial charge on any atom is 0.179 e. The van der Waals surface area contributed by atoms with E-state index in [0.717, 1.165) is 12.5 Å². The molecule has 0 bridgehead atoms. The first kappa shape index (κ1) is 14.8. The standard InChI is InChI=1S/C15H19Cl2NOS/c16-14-8-11(15(17)20-14)13(19)9-18-7-3-5-10-4-1-2-6-12(10)18/h8,10,12H,1-7,9H2/t10-,12-/m1/s1. The van der Waals surface area contributed by atoms with E-state index in [1.807, 2.05) is 0 Å². The number of hydrogen-bond donors (Lipinski definition) is 0. The van der Waals surface area contributed by atoms with Gasteiger partial charge in [-0.1, -0.05) is 36.0 Å². The second-order valence-electron chi connectivity index (χ2n) is 5.89. The molecule has 1 aliphatic heterocycles. The van der Waals surface area contributed by atoms with Gasteiger partial charge in [-0.15, -0.1) is 11.3 Å². The number of likely N-dealkylation sites (tertiary alicyclic amines) is 1. The molecule has 0 N–H and O–H groups in total. The van der Waals surface area contributed by atoms with Crippen molar-refractivity contribution in [3.63, 3.8) is 0 Å². The fourth-order valence-electron chi connectivity index (χ4n) is 3.72. The van der Waals surface area contributed by atoms with Crippen LogP contribution in [0.4, 0.5) is 0 Å². The van der Waals surface area contributed by atoms with Gasteiger partial charge in [-0.2, -0.15) is 0 Å². The zero-order valence-corrected chi connectivity index (χ0v) is 13.7. The second-order valence-corrected chi connectivity index (χ2v) is 8.17. The Morgan fingerprint density at radius 2 is 2.00 bits per heavy atom. The molecule has 0 spiro atoms. The normalized spacial score (nSPS) is 27.3. The summed E-state index contributed by atoms with van der Waals surface area (Å²) in [5, 5.41) is 0. The average molecular weight is 332 g/mol. The number of rotatable bonds is 3. The largest absolute Gasteiger partial charge is 0.293 e. The predicted molar refractivity (Wildman–Crippen MR) is 85.2 cm³/mol. The molecular weight excluding hydrogens is 313 g/mol. The molecule has 20 heavy (non-hydrogen) atoms. The fraction of sp³-hybridized carbons (Fsp3) is 0.667. The number of hydrogen-bond acceptors (Lipinski definition) is 3. The predicted octanol–water partition coefficient (Wildman–Crippen LogP) is 4.89. The van der Waals surface area contributed by atoms with Crippen LogP contribution in [0.25, 0.3) is 0 Å². The highest BCUT2D eigenvalue weighted by atomic mass is 35.5. The molecule has 1 saturated heterocycles. The molecule has 2 atom stereocenters. The van der Waals surface area contributed by atoms with Crippen molar-refractivity contribution in [2.24, 2.45) is 5.92 Å². The number of piperidine rings is 1. The highest BCUT2D eigenvalue weighted by Crippen LogP contribution is 2.36. The van der Waals surface area contributed by atoms with Crippen LogP contribution in [0.1, 0.15) is 48.9 Å². The molecule has 1 aliphatic carbocycles. The molecule has 2 aliphatic rings. The summed E-state index contributed by atoms with van der Waals surface area (Å²) in [4.78, 5) is 14.8. The molecule has 2 heterocycles. The van der Waals surface area contributed by atoms with Crippen LogP contribution in [-0.4, -0.2) is 29.8 Å². The van der Waals surface area contributed by atoms with Gasteiger partial charge in [0, 0.05) is 6.04 Å². The summed E-state index contributed by atoms with van der Waals surface area (Å²) in [5.74, 6) is 0.913. The van der Waals surface area contributed by atoms with Crippen LogP contribution in [0.3, 0.4) is 0 Å². The fourth-order valence-corrected chi connectivity index (χ4v) is 5.22. The van der Waals surface area contributed by atoms with E-state index in [1.165, 1.54) is 49.9 Å². The number of thiophene rings is 1. The molecule has 1 aromatic rings. The monoisotopic (exact) mass is 331 g/mol. The number of nitrogens with zero attached hydrogens (tertiary/aromatic N) is 1. The lowest BCUT2D eigenvalue weighted by Gasteiger charge is -2.43. The molecule has 1 saturated carbocycles. The van der Waals surface area contributed by atoms with Crippen molar-refractivity contribution in [2.45, 2.75) is 44.6 Å². The van der Waals surface area contributed by atoms with E-state index in [9.17, 15) is 4.79 Å². The minimum atomic E-state index is 0.115. The summed E-state index contributed by atoms with van der Waals surface area (Å²) in [5.41, 5.74) is 0.597. The van der Waals surface area contributed by atoms with Gasteiger partial charge in [-0.3, -0.25) is 9.69 Å². The van der Waals surface area contributed by atoms with Crippen molar-refractivity contribution in [2.75, 3.05) is 13.1 Å². The Kier molecular flexibility index (Phi) is 4.71. The third kappa shape index (κ3) is 3.06. The molecule has 5 heteroatoms. The first-order chi connectivity index (χ1) is 9.65. The minimum absolute atomic E-state index is 0.115. The molecule has 0 aromatic carbocycles. The Balaban J connectivity index is 1.70. The number of halogens is 2. The van der Waals surface area contributed by atoms with Gasteiger partial charge in [0.15, 0.2) is 5.78 Å². The van der Waals surface area contributed by atoms with Gasteiger partial charge >= 0.3 is 0 Å². The van der Waals surface area contributed by atoms with E-state index >= 15 is 0 Å². The first-order valence-corrected chi connectivity index (χ1v) is 8.94. The zero-order valence-electron chi connectivity index (χ0n) is 11.4. The molecular formula is C15H19Cl2NOS. The quantitative estimate of drug-likeness (QED) is 0.734. The SMILES string of the molecule is O=C(CN1CCC[C@H]2CCCC[C@H]21)c1cc(Cl)sc1Cl. The van der Waals surface area contributed by atoms with Gasteiger partial charge in [-0.25, -0.2) is 0 Å². The van der Waals surface area contributed by atoms with E-state index < -0.39 is 0 Å². The Bertz CT molecular complexity index is 500. The third-order valence-corrected chi connectivity index (χ3v) is 6.15. The van der Waals surface area contributed by atoms with Crippen LogP contribution in [0, 0.1) is 5.92 Å². The molecule has 3 rings (SSSR count). The van der Waals surface area contributed by atoms with Crippen molar-refractivity contribution in [1.82, 2.24) is 4.90 Å². The number of fused-ring (bicyclic) bond motifs is 1. The molecule has 2 nitrogen and oxygen atoms in total. The van der Waals surface area contributed by atoms with Crippen LogP contribution in [-0.2, 0) is 0 Å². The van der Waals surface area contributed by atoms with E-state index in [2.05, 4.69) is 4.90 Å². The van der Waals surface area contributed by atoms with E-state index in [-0.39, 0.29) is 5.78 Å². The second kappa shape index (κ2) is 6.35. The van der Waals surface area contributed by atoms with Gasteiger partial charge in [0.05, 0.1) is 16.4 Å². The summed E-state index contributed by atoms with van der Waals surface area (Å²) in [6.45, 7) is 1.54. The number of carbonyl (C=O) groups is 1. The maximum atomic E-state index is 12.4. The summed E-state index contributed by atoms with van der Waals surface area (Å²) in [6.07, 6.45) is 7.79. The van der Waals surface area contributed by atoms with Crippen molar-refractivity contribution in [3.05, 3.63) is 20.3 Å². The summed E-state index contributed by atoms with van der Waals surface area (Å²) >= 11 is 13.3. The van der Waals surface area contributed by atoms with Crippen LogP contribution in [0.15, 0.2) is 6.07 Å². The summed E-state index contributed by atoms with van der Waals surface area (Å²) < 4.78 is 1.12. The van der Waals surface area contributed by atoms with Gasteiger partial charge in [0.1, 0.15) is 4.34 Å². The molecule has 0 radical (unpaired) electrons. The molecule has 0 unspecified atom stereocenters. The Labute approximate surface area is 134 Å². The zero-order chi connectivity index (χ0) is 14.1. The van der Waals surface area contributed by atoms with Crippen LogP contribution in [0.5, 0.6) is 0 Å². The first-order valence-electron chi connectivity index (χ1n) is 7.37. The maximum absolute atomic E-state index is 12.4. The van der Waals surface area contributed by atoms with E-state index in [1.54, 1.807) is 6.07 Å². The number of Topliss-reactive ketones (excluding diaryl/α,β-unsaturated/α-hetero) is 1. The Morgan fingerprint density at radius 1 is 1.25 bits per heavy atom. The van der Waals surface area contributed by atoms with Crippen molar-refractivity contribution in [3.8, 4) is 0 Å². The van der Waals surface area contributed by atoms with E-state index in [4.69, 9.17) is 23.2 Å². The van der Waals surface area contributed by atoms with Gasteiger partial charge in [-0.05, 0) is 44.2 Å². The van der Waals surface area contributed by atoms with Gasteiger partial charge in [0.2, 0.25) is 0 Å². The lowest BCUT2D eigenvalue weighted by molar-refractivity contribution is 0.0539.